The minimum atomic E-state index is -0.352. The maximum absolute atomic E-state index is 11.1. The van der Waals surface area contributed by atoms with E-state index in [1.165, 1.54) is 51.6 Å². The van der Waals surface area contributed by atoms with Gasteiger partial charge < -0.3 is 24.6 Å². The van der Waals surface area contributed by atoms with E-state index in [4.69, 9.17) is 9.47 Å². The molecule has 5 heteroatoms. The Hall–Kier alpha value is -0.200. The van der Waals surface area contributed by atoms with Crippen LogP contribution in [0.1, 0.15) is 84.5 Å². The van der Waals surface area contributed by atoms with Crippen LogP contribution in [0.2, 0.25) is 0 Å². The maximum Gasteiger partial charge on any atom is 0.0835 e. The van der Waals surface area contributed by atoms with Crippen LogP contribution in [0.4, 0.5) is 0 Å². The number of nitrogens with zero attached hydrogens (tertiary/aromatic N) is 1. The molecular formula is C26H49NO4. The molecule has 3 aliphatic carbocycles. The molecule has 3 rings (SSSR count). The van der Waals surface area contributed by atoms with Crippen molar-refractivity contribution in [3.8, 4) is 0 Å². The Labute approximate surface area is 190 Å². The highest BCUT2D eigenvalue weighted by Gasteiger charge is 2.56. The van der Waals surface area contributed by atoms with E-state index in [-0.39, 0.29) is 36.3 Å². The first-order valence-corrected chi connectivity index (χ1v) is 13.2. The van der Waals surface area contributed by atoms with Crippen LogP contribution < -0.4 is 0 Å². The van der Waals surface area contributed by atoms with Crippen LogP contribution in [0.15, 0.2) is 0 Å². The summed E-state index contributed by atoms with van der Waals surface area (Å²) in [6.45, 7) is 7.02. The molecule has 0 spiro atoms. The molecule has 3 saturated carbocycles. The fourth-order valence-corrected chi connectivity index (χ4v) is 6.94. The maximum atomic E-state index is 11.1. The Morgan fingerprint density at radius 2 is 1.23 bits per heavy atom. The van der Waals surface area contributed by atoms with Crippen LogP contribution in [0, 0.1) is 23.7 Å². The van der Waals surface area contributed by atoms with E-state index in [1.807, 2.05) is 0 Å². The van der Waals surface area contributed by atoms with Gasteiger partial charge in [0.2, 0.25) is 0 Å². The van der Waals surface area contributed by atoms with Crippen molar-refractivity contribution >= 4 is 0 Å². The minimum Gasteiger partial charge on any atom is -0.392 e. The van der Waals surface area contributed by atoms with Crippen molar-refractivity contribution in [2.24, 2.45) is 23.7 Å². The zero-order valence-corrected chi connectivity index (χ0v) is 20.5. The highest BCUT2D eigenvalue weighted by atomic mass is 16.5. The van der Waals surface area contributed by atoms with Gasteiger partial charge in [-0.1, -0.05) is 26.7 Å². The molecule has 0 aromatic carbocycles. The normalized spacial score (nSPS) is 41.3. The molecule has 2 N–H and O–H groups in total. The third-order valence-electron chi connectivity index (χ3n) is 8.90. The van der Waals surface area contributed by atoms with Crippen molar-refractivity contribution in [3.63, 3.8) is 0 Å². The van der Waals surface area contributed by atoms with Crippen molar-refractivity contribution in [2.45, 2.75) is 115 Å². The van der Waals surface area contributed by atoms with Gasteiger partial charge in [-0.25, -0.2) is 0 Å². The molecule has 5 nitrogen and oxygen atoms in total. The minimum absolute atomic E-state index is 0.0174. The summed E-state index contributed by atoms with van der Waals surface area (Å²) in [5.74, 6) is 0.911. The van der Waals surface area contributed by atoms with Crippen molar-refractivity contribution < 1.29 is 19.7 Å². The molecule has 0 bridgehead atoms. The number of hydrogen-bond donors (Lipinski definition) is 2. The Bertz CT molecular complexity index is 492. The molecule has 0 radical (unpaired) electrons. The summed E-state index contributed by atoms with van der Waals surface area (Å²) >= 11 is 0. The first-order chi connectivity index (χ1) is 15.0. The number of ether oxygens (including phenoxy) is 2. The van der Waals surface area contributed by atoms with Crippen molar-refractivity contribution in [2.75, 3.05) is 27.3 Å². The van der Waals surface area contributed by atoms with E-state index < -0.39 is 0 Å². The molecule has 0 aliphatic heterocycles. The van der Waals surface area contributed by atoms with Gasteiger partial charge in [-0.15, -0.1) is 0 Å². The lowest BCUT2D eigenvalue weighted by Gasteiger charge is -2.55. The monoisotopic (exact) mass is 439 g/mol. The van der Waals surface area contributed by atoms with Gasteiger partial charge in [0, 0.05) is 32.1 Å². The molecule has 182 valence electrons. The number of rotatable bonds is 11. The van der Waals surface area contributed by atoms with Gasteiger partial charge in [0.05, 0.1) is 24.4 Å². The van der Waals surface area contributed by atoms with E-state index >= 15 is 0 Å². The summed E-state index contributed by atoms with van der Waals surface area (Å²) in [5, 5.41) is 22.2. The molecule has 0 aromatic rings. The predicted octanol–water partition coefficient (Wildman–Crippen LogP) is 4.25. The van der Waals surface area contributed by atoms with Gasteiger partial charge in [0.15, 0.2) is 0 Å². The van der Waals surface area contributed by atoms with Gasteiger partial charge in [0.25, 0.3) is 0 Å². The molecule has 31 heavy (non-hydrogen) atoms. The molecule has 3 aliphatic rings. The van der Waals surface area contributed by atoms with Crippen molar-refractivity contribution in [3.05, 3.63) is 0 Å². The second-order valence-corrected chi connectivity index (χ2v) is 10.6. The Balaban J connectivity index is 1.50. The molecule has 3 fully saturated rings. The highest BCUT2D eigenvalue weighted by Crippen LogP contribution is 2.51. The quantitative estimate of drug-likeness (QED) is 0.504. The van der Waals surface area contributed by atoms with E-state index in [0.717, 1.165) is 32.1 Å². The fraction of sp³-hybridized carbons (Fsp3) is 1.00. The Morgan fingerprint density at radius 3 is 1.74 bits per heavy atom. The van der Waals surface area contributed by atoms with Gasteiger partial charge in [-0.05, 0) is 82.7 Å². The zero-order valence-electron chi connectivity index (χ0n) is 20.5. The molecule has 0 saturated heterocycles. The van der Waals surface area contributed by atoms with Gasteiger partial charge in [-0.2, -0.15) is 0 Å². The van der Waals surface area contributed by atoms with E-state index in [1.54, 1.807) is 14.2 Å². The lowest BCUT2D eigenvalue weighted by Crippen LogP contribution is -2.62. The van der Waals surface area contributed by atoms with Crippen LogP contribution in [-0.4, -0.2) is 72.9 Å². The molecule has 5 atom stereocenters. The number of methoxy groups -OCH3 is 2. The second kappa shape index (κ2) is 12.3. The molecule has 0 aromatic heterocycles. The molecule has 0 heterocycles. The zero-order chi connectivity index (χ0) is 22.4. The van der Waals surface area contributed by atoms with Crippen LogP contribution >= 0.6 is 0 Å². The van der Waals surface area contributed by atoms with Crippen LogP contribution in [-0.2, 0) is 9.47 Å². The lowest BCUT2D eigenvalue weighted by atomic mass is 9.55. The van der Waals surface area contributed by atoms with Crippen molar-refractivity contribution in [1.29, 1.82) is 0 Å². The SMILES string of the molecule is CCCCN(CCCC)C1CCC(C2C(O)C(C3CCC(OC)C(OC)C3)C2O)CC1. The lowest BCUT2D eigenvalue weighted by molar-refractivity contribution is -0.207. The van der Waals surface area contributed by atoms with Gasteiger partial charge in [-0.3, -0.25) is 0 Å². The average molecular weight is 440 g/mol. The van der Waals surface area contributed by atoms with Crippen LogP contribution in [0.5, 0.6) is 0 Å². The number of aliphatic hydroxyl groups is 2. The van der Waals surface area contributed by atoms with E-state index in [0.29, 0.717) is 17.9 Å². The highest BCUT2D eigenvalue weighted by molar-refractivity contribution is 5.05. The third-order valence-corrected chi connectivity index (χ3v) is 8.90. The first kappa shape index (κ1) is 25.4. The molecular weight excluding hydrogens is 390 g/mol. The summed E-state index contributed by atoms with van der Waals surface area (Å²) < 4.78 is 11.2. The van der Waals surface area contributed by atoms with Crippen molar-refractivity contribution in [1.82, 2.24) is 4.90 Å². The Morgan fingerprint density at radius 1 is 0.710 bits per heavy atom. The smallest absolute Gasteiger partial charge is 0.0835 e. The standard InChI is InChI=1S/C26H49NO4/c1-5-7-15-27(16-8-6-2)20-12-9-18(10-13-20)23-25(28)24(26(23)29)19-11-14-21(30-3)22(17-19)31-4/h18-26,28-29H,5-17H2,1-4H3. The third kappa shape index (κ3) is 5.84. The molecule has 5 unspecified atom stereocenters. The van der Waals surface area contributed by atoms with Gasteiger partial charge >= 0.3 is 0 Å². The summed E-state index contributed by atoms with van der Waals surface area (Å²) in [7, 11) is 3.50. The molecule has 0 amide bonds. The van der Waals surface area contributed by atoms with E-state index in [2.05, 4.69) is 18.7 Å². The summed E-state index contributed by atoms with van der Waals surface area (Å²) in [6, 6.07) is 0.700. The summed E-state index contributed by atoms with van der Waals surface area (Å²) in [6.07, 6.45) is 12.2. The number of aliphatic hydroxyl groups excluding tert-OH is 2. The number of unbranched alkanes of at least 4 members (excludes halogenated alkanes) is 2. The fourth-order valence-electron chi connectivity index (χ4n) is 6.94. The largest absolute Gasteiger partial charge is 0.392 e. The average Bonchev–Trinajstić information content (AvgIpc) is 2.80. The van der Waals surface area contributed by atoms with E-state index in [9.17, 15) is 10.2 Å². The Kier molecular flexibility index (Phi) is 10.1. The first-order valence-electron chi connectivity index (χ1n) is 13.2. The van der Waals surface area contributed by atoms with Crippen LogP contribution in [0.25, 0.3) is 0 Å². The summed E-state index contributed by atoms with van der Waals surface area (Å²) in [4.78, 5) is 2.73. The number of hydrogen-bond acceptors (Lipinski definition) is 5. The predicted molar refractivity (Wildman–Crippen MR) is 125 cm³/mol. The van der Waals surface area contributed by atoms with Crippen LogP contribution in [0.3, 0.4) is 0 Å². The topological polar surface area (TPSA) is 62.2 Å². The van der Waals surface area contributed by atoms with Gasteiger partial charge in [0.1, 0.15) is 0 Å². The summed E-state index contributed by atoms with van der Waals surface area (Å²) in [5.41, 5.74) is 0. The second-order valence-electron chi connectivity index (χ2n) is 10.6.